The predicted molar refractivity (Wildman–Crippen MR) is 102 cm³/mol. The number of fused-ring (bicyclic) bond motifs is 1. The van der Waals surface area contributed by atoms with E-state index in [2.05, 4.69) is 10.5 Å². The zero-order valence-electron chi connectivity index (χ0n) is 13.1. The van der Waals surface area contributed by atoms with E-state index in [4.69, 9.17) is 27.9 Å². The third kappa shape index (κ3) is 4.50. The van der Waals surface area contributed by atoms with E-state index >= 15 is 0 Å². The zero-order chi connectivity index (χ0) is 17.6. The van der Waals surface area contributed by atoms with Crippen molar-refractivity contribution in [2.75, 3.05) is 6.61 Å². The third-order valence-electron chi connectivity index (χ3n) is 3.47. The van der Waals surface area contributed by atoms with Crippen molar-refractivity contribution < 1.29 is 9.53 Å². The van der Waals surface area contributed by atoms with E-state index in [9.17, 15) is 4.79 Å². The average molecular weight is 373 g/mol. The Labute approximate surface area is 155 Å². The average Bonchev–Trinajstić information content (AvgIpc) is 2.62. The highest BCUT2D eigenvalue weighted by atomic mass is 35.5. The van der Waals surface area contributed by atoms with Crippen LogP contribution < -0.4 is 10.2 Å². The summed E-state index contributed by atoms with van der Waals surface area (Å²) in [5.41, 5.74) is 2.92. The molecule has 25 heavy (non-hydrogen) atoms. The molecule has 126 valence electrons. The summed E-state index contributed by atoms with van der Waals surface area (Å²) in [7, 11) is 0. The third-order valence-corrected chi connectivity index (χ3v) is 4.13. The lowest BCUT2D eigenvalue weighted by molar-refractivity contribution is -0.123. The van der Waals surface area contributed by atoms with Gasteiger partial charge >= 0.3 is 0 Å². The Balaban J connectivity index is 1.56. The maximum Gasteiger partial charge on any atom is 0.277 e. The molecule has 0 aliphatic heterocycles. The van der Waals surface area contributed by atoms with Crippen LogP contribution in [-0.4, -0.2) is 18.7 Å². The highest BCUT2D eigenvalue weighted by Gasteiger charge is 2.04. The second kappa shape index (κ2) is 8.01. The van der Waals surface area contributed by atoms with Gasteiger partial charge in [0, 0.05) is 5.56 Å². The first-order valence-electron chi connectivity index (χ1n) is 7.51. The molecule has 0 bridgehead atoms. The minimum Gasteiger partial charge on any atom is -0.484 e. The molecule has 0 radical (unpaired) electrons. The quantitative estimate of drug-likeness (QED) is 0.522. The molecule has 4 nitrogen and oxygen atoms in total. The molecule has 0 aliphatic carbocycles. The molecule has 0 heterocycles. The van der Waals surface area contributed by atoms with Gasteiger partial charge in [0.05, 0.1) is 16.3 Å². The number of nitrogens with zero attached hydrogens (tertiary/aromatic N) is 1. The van der Waals surface area contributed by atoms with Crippen molar-refractivity contribution in [3.05, 3.63) is 76.3 Å². The van der Waals surface area contributed by atoms with Crippen molar-refractivity contribution in [2.24, 2.45) is 5.10 Å². The molecule has 0 saturated carbocycles. The number of amides is 1. The number of rotatable bonds is 5. The smallest absolute Gasteiger partial charge is 0.277 e. The summed E-state index contributed by atoms with van der Waals surface area (Å²) in [6, 6.07) is 18.7. The zero-order valence-corrected chi connectivity index (χ0v) is 14.6. The van der Waals surface area contributed by atoms with E-state index in [0.29, 0.717) is 21.4 Å². The number of nitrogens with one attached hydrogen (secondary N) is 1. The molecule has 3 rings (SSSR count). The van der Waals surface area contributed by atoms with Gasteiger partial charge in [0.1, 0.15) is 5.75 Å². The molecular weight excluding hydrogens is 359 g/mol. The molecule has 0 atom stereocenters. The summed E-state index contributed by atoms with van der Waals surface area (Å²) < 4.78 is 5.49. The Kier molecular flexibility index (Phi) is 5.53. The number of hydrogen-bond acceptors (Lipinski definition) is 3. The molecule has 0 fully saturated rings. The van der Waals surface area contributed by atoms with Crippen LogP contribution in [0.1, 0.15) is 5.56 Å². The van der Waals surface area contributed by atoms with Crippen LogP contribution in [-0.2, 0) is 4.79 Å². The van der Waals surface area contributed by atoms with Crippen LogP contribution in [0.2, 0.25) is 10.0 Å². The molecule has 0 aliphatic rings. The number of hydrogen-bond donors (Lipinski definition) is 1. The van der Waals surface area contributed by atoms with Gasteiger partial charge in [-0.2, -0.15) is 5.10 Å². The molecule has 0 saturated heterocycles. The maximum absolute atomic E-state index is 11.8. The molecule has 0 aromatic heterocycles. The van der Waals surface area contributed by atoms with Crippen molar-refractivity contribution in [1.82, 2.24) is 5.43 Å². The minimum atomic E-state index is -0.382. The van der Waals surface area contributed by atoms with Crippen molar-refractivity contribution in [2.45, 2.75) is 0 Å². The SMILES string of the molecule is O=C(COc1ccc2ccccc2c1)NN=Cc1c(Cl)cccc1Cl. The largest absolute Gasteiger partial charge is 0.484 e. The van der Waals surface area contributed by atoms with E-state index in [1.165, 1.54) is 6.21 Å². The molecule has 3 aromatic carbocycles. The molecule has 0 spiro atoms. The fourth-order valence-corrected chi connectivity index (χ4v) is 2.74. The van der Waals surface area contributed by atoms with Gasteiger partial charge < -0.3 is 4.74 Å². The first kappa shape index (κ1) is 17.3. The molecule has 0 unspecified atom stereocenters. The predicted octanol–water partition coefficient (Wildman–Crippen LogP) is 4.68. The second-order valence-corrected chi connectivity index (χ2v) is 6.04. The van der Waals surface area contributed by atoms with E-state index in [1.54, 1.807) is 18.2 Å². The van der Waals surface area contributed by atoms with Gasteiger partial charge in [0.15, 0.2) is 6.61 Å². The van der Waals surface area contributed by atoms with Gasteiger partial charge in [0.25, 0.3) is 5.91 Å². The summed E-state index contributed by atoms with van der Waals surface area (Å²) in [4.78, 5) is 11.8. The normalized spacial score (nSPS) is 11.0. The maximum atomic E-state index is 11.8. The first-order chi connectivity index (χ1) is 12.1. The first-order valence-corrected chi connectivity index (χ1v) is 8.26. The van der Waals surface area contributed by atoms with E-state index in [-0.39, 0.29) is 12.5 Å². The van der Waals surface area contributed by atoms with Crippen LogP contribution in [0.15, 0.2) is 65.8 Å². The van der Waals surface area contributed by atoms with E-state index in [1.807, 2.05) is 42.5 Å². The number of benzene rings is 3. The van der Waals surface area contributed by atoms with Crippen molar-refractivity contribution in [3.63, 3.8) is 0 Å². The summed E-state index contributed by atoms with van der Waals surface area (Å²) in [5, 5.41) is 6.92. The molecule has 1 amide bonds. The van der Waals surface area contributed by atoms with Crippen LogP contribution in [0.4, 0.5) is 0 Å². The van der Waals surface area contributed by atoms with Gasteiger partial charge in [-0.3, -0.25) is 4.79 Å². The molecule has 3 aromatic rings. The Morgan fingerprint density at radius 3 is 2.48 bits per heavy atom. The van der Waals surface area contributed by atoms with Crippen LogP contribution in [0, 0.1) is 0 Å². The number of carbonyl (C=O) groups excluding carboxylic acids is 1. The van der Waals surface area contributed by atoms with Gasteiger partial charge in [-0.05, 0) is 35.0 Å². The summed E-state index contributed by atoms with van der Waals surface area (Å²) in [6.07, 6.45) is 1.40. The van der Waals surface area contributed by atoms with Crippen molar-refractivity contribution in [3.8, 4) is 5.75 Å². The fraction of sp³-hybridized carbons (Fsp3) is 0.0526. The molecule has 1 N–H and O–H groups in total. The van der Waals surface area contributed by atoms with Gasteiger partial charge in [-0.15, -0.1) is 0 Å². The van der Waals surface area contributed by atoms with Crippen LogP contribution in [0.25, 0.3) is 10.8 Å². The van der Waals surface area contributed by atoms with E-state index in [0.717, 1.165) is 10.8 Å². The molecule has 6 heteroatoms. The number of carbonyl (C=O) groups is 1. The second-order valence-electron chi connectivity index (χ2n) is 5.23. The topological polar surface area (TPSA) is 50.7 Å². The van der Waals surface area contributed by atoms with E-state index < -0.39 is 0 Å². The molecular formula is C19H14Cl2N2O2. The van der Waals surface area contributed by atoms with Gasteiger partial charge in [-0.1, -0.05) is 59.6 Å². The highest BCUT2D eigenvalue weighted by Crippen LogP contribution is 2.22. The Morgan fingerprint density at radius 2 is 1.72 bits per heavy atom. The Hall–Kier alpha value is -2.56. The van der Waals surface area contributed by atoms with Gasteiger partial charge in [0.2, 0.25) is 0 Å². The van der Waals surface area contributed by atoms with Crippen molar-refractivity contribution in [1.29, 1.82) is 0 Å². The Bertz CT molecular complexity index is 921. The minimum absolute atomic E-state index is 0.147. The van der Waals surface area contributed by atoms with Gasteiger partial charge in [-0.25, -0.2) is 5.43 Å². The summed E-state index contributed by atoms with van der Waals surface area (Å²) >= 11 is 12.0. The number of ether oxygens (including phenoxy) is 1. The number of hydrazone groups is 1. The van der Waals surface area contributed by atoms with Crippen molar-refractivity contribution >= 4 is 46.1 Å². The highest BCUT2D eigenvalue weighted by molar-refractivity contribution is 6.38. The lowest BCUT2D eigenvalue weighted by atomic mass is 10.1. The number of halogens is 2. The standard InChI is InChI=1S/C19H14Cl2N2O2/c20-17-6-3-7-18(21)16(17)11-22-23-19(24)12-25-15-9-8-13-4-1-2-5-14(13)10-15/h1-11H,12H2,(H,23,24). The Morgan fingerprint density at radius 1 is 1.00 bits per heavy atom. The summed E-state index contributed by atoms with van der Waals surface area (Å²) in [6.45, 7) is -0.147. The monoisotopic (exact) mass is 372 g/mol. The summed E-state index contributed by atoms with van der Waals surface area (Å²) in [5.74, 6) is 0.236. The fourth-order valence-electron chi connectivity index (χ4n) is 2.24. The van der Waals surface area contributed by atoms with Crippen LogP contribution >= 0.6 is 23.2 Å². The lowest BCUT2D eigenvalue weighted by Gasteiger charge is -2.06. The van der Waals surface area contributed by atoms with Crippen LogP contribution in [0.3, 0.4) is 0 Å². The lowest BCUT2D eigenvalue weighted by Crippen LogP contribution is -2.24. The van der Waals surface area contributed by atoms with Crippen LogP contribution in [0.5, 0.6) is 5.75 Å².